The number of hydrogen-bond acceptors (Lipinski definition) is 4. The van der Waals surface area contributed by atoms with E-state index in [1.54, 1.807) is 6.07 Å². The Morgan fingerprint density at radius 1 is 1.33 bits per heavy atom. The second-order valence-electron chi connectivity index (χ2n) is 5.18. The Morgan fingerprint density at radius 3 is 2.43 bits per heavy atom. The van der Waals surface area contributed by atoms with Gasteiger partial charge in [-0.1, -0.05) is 0 Å². The topological polar surface area (TPSA) is 50.5 Å². The van der Waals surface area contributed by atoms with Gasteiger partial charge >= 0.3 is 0 Å². The number of halogens is 1. The largest absolute Gasteiger partial charge is 0.465 e. The fraction of sp³-hybridized carbons (Fsp3) is 0.429. The fourth-order valence-corrected chi connectivity index (χ4v) is 5.90. The zero-order chi connectivity index (χ0) is 15.8. The molecular formula is C14H18BrNO3S2. The van der Waals surface area contributed by atoms with Gasteiger partial charge in [0.2, 0.25) is 0 Å². The van der Waals surface area contributed by atoms with Crippen molar-refractivity contribution in [1.29, 1.82) is 0 Å². The Hall–Kier alpha value is -0.630. The second-order valence-corrected chi connectivity index (χ2v) is 9.67. The highest BCUT2D eigenvalue weighted by Crippen LogP contribution is 2.33. The predicted molar refractivity (Wildman–Crippen MR) is 88.1 cm³/mol. The number of nitrogens with zero attached hydrogens (tertiary/aromatic N) is 1. The summed E-state index contributed by atoms with van der Waals surface area (Å²) < 4.78 is 33.8. The first kappa shape index (κ1) is 16.7. The molecule has 0 radical (unpaired) electrons. The molecule has 0 saturated heterocycles. The molecule has 7 heteroatoms. The highest BCUT2D eigenvalue weighted by molar-refractivity contribution is 9.11. The molecule has 0 amide bonds. The quantitative estimate of drug-likeness (QED) is 0.762. The third-order valence-corrected chi connectivity index (χ3v) is 7.69. The van der Waals surface area contributed by atoms with Crippen molar-refractivity contribution in [2.24, 2.45) is 0 Å². The summed E-state index contributed by atoms with van der Waals surface area (Å²) in [5.74, 6) is 1.43. The first-order valence-corrected chi connectivity index (χ1v) is 9.60. The minimum atomic E-state index is -3.53. The van der Waals surface area contributed by atoms with Crippen LogP contribution in [0.2, 0.25) is 0 Å². The number of sulfonamides is 1. The molecule has 0 bridgehead atoms. The van der Waals surface area contributed by atoms with Crippen LogP contribution in [0.3, 0.4) is 0 Å². The predicted octanol–water partition coefficient (Wildman–Crippen LogP) is 4.32. The fourth-order valence-electron chi connectivity index (χ4n) is 1.94. The van der Waals surface area contributed by atoms with Crippen LogP contribution in [0.5, 0.6) is 0 Å². The van der Waals surface area contributed by atoms with Gasteiger partial charge in [-0.15, -0.1) is 11.3 Å². The van der Waals surface area contributed by atoms with E-state index in [4.69, 9.17) is 4.42 Å². The Bertz CT molecular complexity index is 712. The molecule has 0 aliphatic carbocycles. The Balaban J connectivity index is 2.36. The summed E-state index contributed by atoms with van der Waals surface area (Å²) in [7, 11) is -3.53. The summed E-state index contributed by atoms with van der Waals surface area (Å²) >= 11 is 4.62. The van der Waals surface area contributed by atoms with E-state index < -0.39 is 10.0 Å². The van der Waals surface area contributed by atoms with Gasteiger partial charge in [0.1, 0.15) is 15.7 Å². The van der Waals surface area contributed by atoms with E-state index in [-0.39, 0.29) is 12.6 Å². The number of hydrogen-bond donors (Lipinski definition) is 0. The number of rotatable bonds is 5. The van der Waals surface area contributed by atoms with Crippen LogP contribution in [-0.4, -0.2) is 18.8 Å². The maximum Gasteiger partial charge on any atom is 0.253 e. The normalized spacial score (nSPS) is 12.5. The molecule has 0 saturated carbocycles. The van der Waals surface area contributed by atoms with Gasteiger partial charge < -0.3 is 4.42 Å². The van der Waals surface area contributed by atoms with Crippen LogP contribution in [0.25, 0.3) is 0 Å². The van der Waals surface area contributed by atoms with Gasteiger partial charge in [0.05, 0.1) is 10.3 Å². The molecule has 0 unspecified atom stereocenters. The molecule has 116 valence electrons. The van der Waals surface area contributed by atoms with E-state index >= 15 is 0 Å². The highest BCUT2D eigenvalue weighted by Gasteiger charge is 2.30. The molecule has 2 aromatic heterocycles. The van der Waals surface area contributed by atoms with Crippen LogP contribution in [-0.2, 0) is 16.6 Å². The molecule has 0 aliphatic heterocycles. The summed E-state index contributed by atoms with van der Waals surface area (Å²) in [6.45, 7) is 7.70. The summed E-state index contributed by atoms with van der Waals surface area (Å²) in [6.07, 6.45) is 0. The SMILES string of the molecule is Cc1ccc(CN(C(C)C)S(=O)(=O)c2cc(C)c(Br)s2)o1. The van der Waals surface area contributed by atoms with E-state index in [0.717, 1.165) is 15.1 Å². The third kappa shape index (κ3) is 3.59. The molecule has 21 heavy (non-hydrogen) atoms. The first-order chi connectivity index (χ1) is 9.71. The standard InChI is InChI=1S/C14H18BrNO3S2/c1-9(2)16(8-12-6-5-11(4)19-12)21(17,18)13-7-10(3)14(15)20-13/h5-7,9H,8H2,1-4H3. The molecule has 2 heterocycles. The molecule has 4 nitrogen and oxygen atoms in total. The molecule has 2 rings (SSSR count). The van der Waals surface area contributed by atoms with Gasteiger partial charge in [-0.05, 0) is 67.4 Å². The van der Waals surface area contributed by atoms with Crippen LogP contribution in [0, 0.1) is 13.8 Å². The van der Waals surface area contributed by atoms with Crippen LogP contribution >= 0.6 is 27.3 Å². The van der Waals surface area contributed by atoms with Crippen LogP contribution in [0.15, 0.2) is 30.6 Å². The van der Waals surface area contributed by atoms with E-state index in [0.29, 0.717) is 9.97 Å². The molecule has 0 aromatic carbocycles. The van der Waals surface area contributed by atoms with Crippen molar-refractivity contribution in [3.63, 3.8) is 0 Å². The van der Waals surface area contributed by atoms with Gasteiger partial charge in [0.15, 0.2) is 0 Å². The van der Waals surface area contributed by atoms with Crippen molar-refractivity contribution in [2.75, 3.05) is 0 Å². The lowest BCUT2D eigenvalue weighted by molar-refractivity contribution is 0.315. The monoisotopic (exact) mass is 391 g/mol. The number of aryl methyl sites for hydroxylation is 2. The highest BCUT2D eigenvalue weighted by atomic mass is 79.9. The second kappa shape index (κ2) is 6.24. The lowest BCUT2D eigenvalue weighted by atomic mass is 10.3. The average Bonchev–Trinajstić information content (AvgIpc) is 2.93. The van der Waals surface area contributed by atoms with Gasteiger partial charge in [-0.25, -0.2) is 8.42 Å². The van der Waals surface area contributed by atoms with Gasteiger partial charge in [0, 0.05) is 6.04 Å². The number of furan rings is 1. The average molecular weight is 392 g/mol. The van der Waals surface area contributed by atoms with Crippen LogP contribution < -0.4 is 0 Å². The van der Waals surface area contributed by atoms with Crippen LogP contribution in [0.4, 0.5) is 0 Å². The third-order valence-electron chi connectivity index (χ3n) is 3.08. The lowest BCUT2D eigenvalue weighted by Gasteiger charge is -2.24. The molecule has 2 aromatic rings. The van der Waals surface area contributed by atoms with Crippen molar-refractivity contribution in [3.05, 3.63) is 39.1 Å². The zero-order valence-electron chi connectivity index (χ0n) is 12.4. The van der Waals surface area contributed by atoms with Crippen molar-refractivity contribution >= 4 is 37.3 Å². The van der Waals surface area contributed by atoms with Crippen molar-refractivity contribution in [2.45, 2.75) is 44.5 Å². The maximum absolute atomic E-state index is 12.8. The zero-order valence-corrected chi connectivity index (χ0v) is 15.6. The maximum atomic E-state index is 12.8. The summed E-state index contributed by atoms with van der Waals surface area (Å²) in [4.78, 5) is 0. The van der Waals surface area contributed by atoms with Crippen molar-refractivity contribution in [1.82, 2.24) is 4.31 Å². The summed E-state index contributed by atoms with van der Waals surface area (Å²) in [5, 5.41) is 0. The molecule has 0 atom stereocenters. The van der Waals surface area contributed by atoms with E-state index in [1.165, 1.54) is 15.6 Å². The van der Waals surface area contributed by atoms with E-state index in [1.807, 2.05) is 39.8 Å². The summed E-state index contributed by atoms with van der Waals surface area (Å²) in [6, 6.07) is 5.20. The van der Waals surface area contributed by atoms with E-state index in [9.17, 15) is 8.42 Å². The molecule has 0 fully saturated rings. The van der Waals surface area contributed by atoms with E-state index in [2.05, 4.69) is 15.9 Å². The lowest BCUT2D eigenvalue weighted by Crippen LogP contribution is -2.35. The molecule has 0 N–H and O–H groups in total. The Labute approximate surface area is 138 Å². The molecular weight excluding hydrogens is 374 g/mol. The minimum absolute atomic E-state index is 0.151. The van der Waals surface area contributed by atoms with Crippen molar-refractivity contribution in [3.8, 4) is 0 Å². The number of thiophene rings is 1. The summed E-state index contributed by atoms with van der Waals surface area (Å²) in [5.41, 5.74) is 0.927. The van der Waals surface area contributed by atoms with Gasteiger partial charge in [-0.3, -0.25) is 0 Å². The Kier molecular flexibility index (Phi) is 4.97. The van der Waals surface area contributed by atoms with Crippen molar-refractivity contribution < 1.29 is 12.8 Å². The molecule has 0 aliphatic rings. The minimum Gasteiger partial charge on any atom is -0.465 e. The van der Waals surface area contributed by atoms with Gasteiger partial charge in [0.25, 0.3) is 10.0 Å². The smallest absolute Gasteiger partial charge is 0.253 e. The van der Waals surface area contributed by atoms with Crippen LogP contribution in [0.1, 0.15) is 30.9 Å². The molecule has 0 spiro atoms. The first-order valence-electron chi connectivity index (χ1n) is 6.55. The van der Waals surface area contributed by atoms with Gasteiger partial charge in [-0.2, -0.15) is 4.31 Å². The Morgan fingerprint density at radius 2 is 2.00 bits per heavy atom.